The molecule has 2 aliphatic carbocycles. The van der Waals surface area contributed by atoms with E-state index in [2.05, 4.69) is 29.6 Å². The van der Waals surface area contributed by atoms with Gasteiger partial charge in [-0.25, -0.2) is 0 Å². The molecule has 3 saturated heterocycles. The van der Waals surface area contributed by atoms with Crippen molar-refractivity contribution in [2.75, 3.05) is 53.0 Å². The van der Waals surface area contributed by atoms with Gasteiger partial charge < -0.3 is 29.9 Å². The van der Waals surface area contributed by atoms with Crippen LogP contribution < -0.4 is 10.6 Å². The highest BCUT2D eigenvalue weighted by Crippen LogP contribution is 2.54. The molecule has 47 heavy (non-hydrogen) atoms. The second-order valence-electron chi connectivity index (χ2n) is 15.7. The highest BCUT2D eigenvalue weighted by atomic mass is 16.5. The van der Waals surface area contributed by atoms with Gasteiger partial charge in [0.2, 0.25) is 17.7 Å². The minimum atomic E-state index is -0.869. The Bertz CT molecular complexity index is 1310. The van der Waals surface area contributed by atoms with Crippen LogP contribution >= 0.6 is 0 Å². The first-order valence-electron chi connectivity index (χ1n) is 17.8. The van der Waals surface area contributed by atoms with Crippen molar-refractivity contribution >= 4 is 23.6 Å². The van der Waals surface area contributed by atoms with E-state index >= 15 is 0 Å². The zero-order chi connectivity index (χ0) is 33.3. The number of nitrogens with one attached hydrogen (secondary N) is 2. The summed E-state index contributed by atoms with van der Waals surface area (Å²) in [5.41, 5.74) is -0.0762. The third kappa shape index (κ3) is 7.38. The van der Waals surface area contributed by atoms with E-state index in [0.717, 1.165) is 51.9 Å². The van der Waals surface area contributed by atoms with E-state index in [-0.39, 0.29) is 41.5 Å². The van der Waals surface area contributed by atoms with Crippen LogP contribution in [0.15, 0.2) is 12.4 Å². The van der Waals surface area contributed by atoms with Crippen LogP contribution in [0.5, 0.6) is 0 Å². The lowest BCUT2D eigenvalue weighted by Crippen LogP contribution is -2.65. The highest BCUT2D eigenvalue weighted by molar-refractivity contribution is 5.95. The number of ether oxygens (including phenoxy) is 2. The number of carbonyl (C=O) groups excluding carboxylic acids is 4. The molecule has 260 valence electrons. The van der Waals surface area contributed by atoms with Gasteiger partial charge in [-0.1, -0.05) is 33.1 Å². The van der Waals surface area contributed by atoms with E-state index in [9.17, 15) is 19.2 Å². The Morgan fingerprint density at radius 3 is 2.34 bits per heavy atom. The van der Waals surface area contributed by atoms with Gasteiger partial charge in [-0.3, -0.25) is 23.9 Å². The molecule has 3 aliphatic heterocycles. The summed E-state index contributed by atoms with van der Waals surface area (Å²) in [6, 6.07) is -0.869. The number of hydrogen-bond donors (Lipinski definition) is 2. The fraction of sp³-hybridized carbons (Fsp3) is 0.800. The van der Waals surface area contributed by atoms with Crippen molar-refractivity contribution in [1.29, 1.82) is 0 Å². The van der Waals surface area contributed by atoms with Crippen molar-refractivity contribution in [2.45, 2.75) is 90.8 Å². The number of likely N-dealkylation sites (tertiary alicyclic amines) is 2. The normalized spacial score (nSPS) is 26.8. The summed E-state index contributed by atoms with van der Waals surface area (Å²) in [4.78, 5) is 57.9. The molecule has 1 aromatic heterocycles. The number of rotatable bonds is 11. The van der Waals surface area contributed by atoms with Crippen molar-refractivity contribution in [3.63, 3.8) is 0 Å². The third-order valence-electron chi connectivity index (χ3n) is 11.7. The van der Waals surface area contributed by atoms with Crippen LogP contribution in [-0.2, 0) is 30.4 Å². The largest absolute Gasteiger partial charge is 0.381 e. The number of nitrogens with zero attached hydrogens (tertiary/aromatic N) is 4. The fourth-order valence-electron chi connectivity index (χ4n) is 8.28. The lowest BCUT2D eigenvalue weighted by Gasteiger charge is -2.50. The average Bonchev–Trinajstić information content (AvgIpc) is 3.37. The molecule has 5 fully saturated rings. The van der Waals surface area contributed by atoms with Crippen LogP contribution in [0.2, 0.25) is 0 Å². The number of amides is 4. The third-order valence-corrected chi connectivity index (χ3v) is 11.7. The van der Waals surface area contributed by atoms with Crippen molar-refractivity contribution < 1.29 is 28.7 Å². The fourth-order valence-corrected chi connectivity index (χ4v) is 8.28. The van der Waals surface area contributed by atoms with Gasteiger partial charge in [0.25, 0.3) is 5.91 Å². The van der Waals surface area contributed by atoms with E-state index < -0.39 is 23.5 Å². The van der Waals surface area contributed by atoms with Gasteiger partial charge in [0.15, 0.2) is 0 Å². The molecule has 4 heterocycles. The minimum absolute atomic E-state index is 0.00706. The lowest BCUT2D eigenvalue weighted by molar-refractivity contribution is -0.152. The van der Waals surface area contributed by atoms with Crippen LogP contribution in [0.3, 0.4) is 0 Å². The van der Waals surface area contributed by atoms with Crippen molar-refractivity contribution in [3.8, 4) is 0 Å². The highest BCUT2D eigenvalue weighted by Gasteiger charge is 2.62. The van der Waals surface area contributed by atoms with Crippen molar-refractivity contribution in [3.05, 3.63) is 18.0 Å². The zero-order valence-corrected chi connectivity index (χ0v) is 28.7. The number of likely N-dealkylation sites (N-methyl/N-ethyl adjacent to an activating group) is 1. The summed E-state index contributed by atoms with van der Waals surface area (Å²) in [6.07, 6.45) is 11.6. The molecule has 0 bridgehead atoms. The van der Waals surface area contributed by atoms with Gasteiger partial charge >= 0.3 is 0 Å². The second-order valence-corrected chi connectivity index (χ2v) is 15.7. The summed E-state index contributed by atoms with van der Waals surface area (Å²) in [6.45, 7) is 10.3. The summed E-state index contributed by atoms with van der Waals surface area (Å²) in [5.74, 6) is -0.257. The molecule has 0 aromatic carbocycles. The smallest absolute Gasteiger partial charge is 0.257 e. The average molecular weight is 655 g/mol. The Hall–Kier alpha value is -2.99. The molecular formula is C35H54N6O6. The maximum absolute atomic E-state index is 14.1. The molecule has 2 N–H and O–H groups in total. The van der Waals surface area contributed by atoms with Crippen LogP contribution in [0.4, 0.5) is 0 Å². The number of carbonyl (C=O) groups is 4. The van der Waals surface area contributed by atoms with Crippen molar-refractivity contribution in [1.82, 2.24) is 30.2 Å². The first-order valence-corrected chi connectivity index (χ1v) is 17.8. The minimum Gasteiger partial charge on any atom is -0.381 e. The van der Waals surface area contributed by atoms with E-state index in [1.165, 1.54) is 19.3 Å². The first-order chi connectivity index (χ1) is 22.5. The SMILES string of the molecule is CNC(=O)[C@@H](NC(=O)[C@H]1CN(C(=O)c2cnn(CC3CCOCC3)c2)CC12CN(C(=O)[C@H]1CC1(C)C)C2)[C@@H](C)OCC1CCCCC1. The monoisotopic (exact) mass is 654 g/mol. The standard InChI is InChI=1S/C35H54N6O6/c1-23(47-19-25-8-6-5-7-9-25)29(31(43)36-4)38-30(42)28-18-39(20-35(28)21-40(22-35)33(45)27-14-34(27,2)3)32(44)26-15-37-41(17-26)16-24-10-12-46-13-11-24/h15,17,23-25,27-29H,5-14,16,18-22H2,1-4H3,(H,36,43)(H,38,42)/t23-,27-,28-,29+/m1/s1. The summed E-state index contributed by atoms with van der Waals surface area (Å²) in [5, 5.41) is 10.2. The molecule has 0 unspecified atom stereocenters. The molecule has 4 amide bonds. The summed E-state index contributed by atoms with van der Waals surface area (Å²) < 4.78 is 13.5. The van der Waals surface area contributed by atoms with Crippen LogP contribution in [0.25, 0.3) is 0 Å². The molecule has 12 nitrogen and oxygen atoms in total. The molecule has 2 saturated carbocycles. The number of aromatic nitrogens is 2. The molecule has 4 atom stereocenters. The molecule has 1 aromatic rings. The molecule has 6 rings (SSSR count). The lowest BCUT2D eigenvalue weighted by atomic mass is 9.70. The Kier molecular flexibility index (Phi) is 9.99. The van der Waals surface area contributed by atoms with Gasteiger partial charge in [0, 0.05) is 77.1 Å². The van der Waals surface area contributed by atoms with Crippen LogP contribution in [-0.4, -0.2) is 108 Å². The maximum Gasteiger partial charge on any atom is 0.257 e. The summed E-state index contributed by atoms with van der Waals surface area (Å²) >= 11 is 0. The molecule has 0 radical (unpaired) electrons. The van der Waals surface area contributed by atoms with Gasteiger partial charge in [-0.2, -0.15) is 5.10 Å². The van der Waals surface area contributed by atoms with Gasteiger partial charge in [-0.15, -0.1) is 0 Å². The quantitative estimate of drug-likeness (QED) is 0.375. The van der Waals surface area contributed by atoms with Gasteiger partial charge in [0.05, 0.1) is 23.8 Å². The molecule has 12 heteroatoms. The Labute approximate surface area is 278 Å². The predicted molar refractivity (Wildman–Crippen MR) is 174 cm³/mol. The topological polar surface area (TPSA) is 135 Å². The number of hydrogen-bond acceptors (Lipinski definition) is 7. The Balaban J connectivity index is 1.15. The second kappa shape index (κ2) is 13.9. The maximum atomic E-state index is 14.1. The Morgan fingerprint density at radius 1 is 1.00 bits per heavy atom. The predicted octanol–water partition coefficient (Wildman–Crippen LogP) is 2.47. The van der Waals surface area contributed by atoms with Gasteiger partial charge in [-0.05, 0) is 56.3 Å². The molecule has 1 spiro atoms. The Morgan fingerprint density at radius 2 is 1.68 bits per heavy atom. The zero-order valence-electron chi connectivity index (χ0n) is 28.7. The van der Waals surface area contributed by atoms with E-state index in [1.54, 1.807) is 24.3 Å². The van der Waals surface area contributed by atoms with E-state index in [4.69, 9.17) is 9.47 Å². The van der Waals surface area contributed by atoms with E-state index in [1.807, 2.05) is 16.5 Å². The van der Waals surface area contributed by atoms with Crippen LogP contribution in [0, 0.1) is 34.5 Å². The summed E-state index contributed by atoms with van der Waals surface area (Å²) in [7, 11) is 1.56. The molecular weight excluding hydrogens is 600 g/mol. The van der Waals surface area contributed by atoms with Crippen molar-refractivity contribution in [2.24, 2.45) is 34.5 Å². The van der Waals surface area contributed by atoms with E-state index in [0.29, 0.717) is 43.6 Å². The van der Waals surface area contributed by atoms with Gasteiger partial charge in [0.1, 0.15) is 6.04 Å². The molecule has 5 aliphatic rings. The first kappa shape index (κ1) is 33.9. The van der Waals surface area contributed by atoms with Crippen LogP contribution in [0.1, 0.15) is 82.5 Å².